The first kappa shape index (κ1) is 11.0. The summed E-state index contributed by atoms with van der Waals surface area (Å²) < 4.78 is 0. The van der Waals surface area contributed by atoms with Gasteiger partial charge in [-0.05, 0) is 36.1 Å². The van der Waals surface area contributed by atoms with Crippen molar-refractivity contribution in [1.29, 1.82) is 0 Å². The lowest BCUT2D eigenvalue weighted by Crippen LogP contribution is -2.11. The van der Waals surface area contributed by atoms with Gasteiger partial charge in [0.1, 0.15) is 0 Å². The minimum absolute atomic E-state index is 0.0513. The monoisotopic (exact) mass is 256 g/mol. The standard InChI is InChI=1S/C14H12N2OS/c1-9-6-8-18-13(9)14(17)16-11-4-2-3-10-5-7-15-12(10)11/h2-8,15H,1H3,(H,16,17). The second kappa shape index (κ2) is 4.31. The molecule has 90 valence electrons. The number of thiophene rings is 1. The van der Waals surface area contributed by atoms with E-state index >= 15 is 0 Å². The molecule has 0 aliphatic rings. The Kier molecular flexibility index (Phi) is 2.64. The van der Waals surface area contributed by atoms with Crippen LogP contribution in [-0.2, 0) is 0 Å². The van der Waals surface area contributed by atoms with Crippen molar-refractivity contribution in [2.45, 2.75) is 6.92 Å². The lowest BCUT2D eigenvalue weighted by atomic mass is 10.2. The van der Waals surface area contributed by atoms with Gasteiger partial charge in [-0.3, -0.25) is 4.79 Å². The van der Waals surface area contributed by atoms with Gasteiger partial charge in [0, 0.05) is 11.6 Å². The molecule has 0 aliphatic carbocycles. The number of rotatable bonds is 2. The first-order valence-electron chi connectivity index (χ1n) is 5.67. The van der Waals surface area contributed by atoms with Crippen molar-refractivity contribution in [2.75, 3.05) is 5.32 Å². The third kappa shape index (κ3) is 1.80. The first-order chi connectivity index (χ1) is 8.75. The number of carbonyl (C=O) groups is 1. The molecule has 0 atom stereocenters. The van der Waals surface area contributed by atoms with Gasteiger partial charge in [-0.2, -0.15) is 0 Å². The van der Waals surface area contributed by atoms with Crippen LogP contribution in [0.1, 0.15) is 15.2 Å². The zero-order valence-corrected chi connectivity index (χ0v) is 10.7. The quantitative estimate of drug-likeness (QED) is 0.720. The Morgan fingerprint density at radius 2 is 2.17 bits per heavy atom. The summed E-state index contributed by atoms with van der Waals surface area (Å²) in [7, 11) is 0. The summed E-state index contributed by atoms with van der Waals surface area (Å²) in [5.74, 6) is -0.0513. The third-order valence-corrected chi connectivity index (χ3v) is 3.92. The molecule has 3 rings (SSSR count). The number of benzene rings is 1. The fraction of sp³-hybridized carbons (Fsp3) is 0.0714. The van der Waals surface area contributed by atoms with Crippen LogP contribution in [0, 0.1) is 6.92 Å². The average molecular weight is 256 g/mol. The summed E-state index contributed by atoms with van der Waals surface area (Å²) in [6.07, 6.45) is 1.87. The maximum Gasteiger partial charge on any atom is 0.266 e. The van der Waals surface area contributed by atoms with Crippen LogP contribution < -0.4 is 5.32 Å². The molecule has 0 bridgehead atoms. The Hall–Kier alpha value is -2.07. The number of aromatic amines is 1. The van der Waals surface area contributed by atoms with Gasteiger partial charge in [-0.1, -0.05) is 12.1 Å². The van der Waals surface area contributed by atoms with Gasteiger partial charge in [-0.25, -0.2) is 0 Å². The van der Waals surface area contributed by atoms with Crippen LogP contribution in [0.25, 0.3) is 10.9 Å². The summed E-state index contributed by atoms with van der Waals surface area (Å²) in [6.45, 7) is 1.95. The number of fused-ring (bicyclic) bond motifs is 1. The molecule has 3 nitrogen and oxygen atoms in total. The van der Waals surface area contributed by atoms with E-state index in [9.17, 15) is 4.79 Å². The second-order valence-electron chi connectivity index (χ2n) is 4.13. The van der Waals surface area contributed by atoms with Gasteiger partial charge >= 0.3 is 0 Å². The van der Waals surface area contributed by atoms with Gasteiger partial charge in [0.25, 0.3) is 5.91 Å². The number of amides is 1. The highest BCUT2D eigenvalue weighted by Gasteiger charge is 2.12. The predicted octanol–water partition coefficient (Wildman–Crippen LogP) is 3.79. The highest BCUT2D eigenvalue weighted by atomic mass is 32.1. The van der Waals surface area contributed by atoms with Crippen molar-refractivity contribution in [3.05, 3.63) is 52.3 Å². The zero-order chi connectivity index (χ0) is 12.5. The van der Waals surface area contributed by atoms with Crippen LogP contribution >= 0.6 is 11.3 Å². The number of hydrogen-bond acceptors (Lipinski definition) is 2. The number of aromatic nitrogens is 1. The average Bonchev–Trinajstić information content (AvgIpc) is 2.97. The normalized spacial score (nSPS) is 10.7. The molecule has 1 aromatic carbocycles. The highest BCUT2D eigenvalue weighted by molar-refractivity contribution is 7.12. The predicted molar refractivity (Wildman–Crippen MR) is 75.3 cm³/mol. The molecule has 0 saturated heterocycles. The largest absolute Gasteiger partial charge is 0.359 e. The van der Waals surface area contributed by atoms with Crippen LogP contribution in [0.2, 0.25) is 0 Å². The molecule has 1 amide bonds. The first-order valence-corrected chi connectivity index (χ1v) is 6.55. The molecule has 2 aromatic heterocycles. The summed E-state index contributed by atoms with van der Waals surface area (Å²) >= 11 is 1.46. The van der Waals surface area contributed by atoms with Crippen molar-refractivity contribution in [1.82, 2.24) is 4.98 Å². The molecule has 0 unspecified atom stereocenters. The Morgan fingerprint density at radius 1 is 1.28 bits per heavy atom. The van der Waals surface area contributed by atoms with E-state index in [1.165, 1.54) is 11.3 Å². The van der Waals surface area contributed by atoms with Gasteiger partial charge < -0.3 is 10.3 Å². The van der Waals surface area contributed by atoms with Crippen molar-refractivity contribution < 1.29 is 4.79 Å². The molecule has 2 heterocycles. The van der Waals surface area contributed by atoms with Crippen molar-refractivity contribution in [3.63, 3.8) is 0 Å². The number of carbonyl (C=O) groups excluding carboxylic acids is 1. The Labute approximate surface area is 108 Å². The Balaban J connectivity index is 1.95. The maximum atomic E-state index is 12.1. The van der Waals surface area contributed by atoms with Crippen molar-refractivity contribution in [2.24, 2.45) is 0 Å². The van der Waals surface area contributed by atoms with Gasteiger partial charge in [0.2, 0.25) is 0 Å². The van der Waals surface area contributed by atoms with E-state index < -0.39 is 0 Å². The number of H-pyrrole nitrogens is 1. The molecule has 0 radical (unpaired) electrons. The van der Waals surface area contributed by atoms with Crippen LogP contribution in [0.3, 0.4) is 0 Å². The topological polar surface area (TPSA) is 44.9 Å². The fourth-order valence-electron chi connectivity index (χ4n) is 1.97. The minimum Gasteiger partial charge on any atom is -0.359 e. The van der Waals surface area contributed by atoms with E-state index in [-0.39, 0.29) is 5.91 Å². The van der Waals surface area contributed by atoms with Crippen molar-refractivity contribution in [3.8, 4) is 0 Å². The summed E-state index contributed by atoms with van der Waals surface area (Å²) in [5.41, 5.74) is 2.78. The smallest absolute Gasteiger partial charge is 0.266 e. The number of aryl methyl sites for hydroxylation is 1. The van der Waals surface area contributed by atoms with Crippen molar-refractivity contribution >= 4 is 33.8 Å². The van der Waals surface area contributed by atoms with E-state index in [1.807, 2.05) is 48.8 Å². The SMILES string of the molecule is Cc1ccsc1C(=O)Nc1cccc2cc[nH]c12. The minimum atomic E-state index is -0.0513. The van der Waals surface area contributed by atoms with Gasteiger partial charge in [0.15, 0.2) is 0 Å². The molecule has 4 heteroatoms. The molecule has 0 spiro atoms. The van der Waals surface area contributed by atoms with E-state index in [0.29, 0.717) is 0 Å². The van der Waals surface area contributed by atoms with Crippen LogP contribution in [0.5, 0.6) is 0 Å². The molecule has 3 aromatic rings. The van der Waals surface area contributed by atoms with Crippen LogP contribution in [0.15, 0.2) is 41.9 Å². The molecule has 0 fully saturated rings. The summed E-state index contributed by atoms with van der Waals surface area (Å²) in [5, 5.41) is 5.98. The molecule has 0 aliphatic heterocycles. The summed E-state index contributed by atoms with van der Waals surface area (Å²) in [6, 6.07) is 9.79. The number of anilines is 1. The lowest BCUT2D eigenvalue weighted by Gasteiger charge is -2.05. The summed E-state index contributed by atoms with van der Waals surface area (Å²) in [4.78, 5) is 16.1. The number of para-hydroxylation sites is 1. The zero-order valence-electron chi connectivity index (χ0n) is 9.86. The van der Waals surface area contributed by atoms with E-state index in [0.717, 1.165) is 27.0 Å². The van der Waals surface area contributed by atoms with E-state index in [4.69, 9.17) is 0 Å². The Bertz CT molecular complexity index is 711. The van der Waals surface area contributed by atoms with E-state index in [1.54, 1.807) is 0 Å². The van der Waals surface area contributed by atoms with Crippen LogP contribution in [-0.4, -0.2) is 10.9 Å². The lowest BCUT2D eigenvalue weighted by molar-refractivity contribution is 0.103. The molecule has 0 saturated carbocycles. The molecular weight excluding hydrogens is 244 g/mol. The third-order valence-electron chi connectivity index (χ3n) is 2.90. The highest BCUT2D eigenvalue weighted by Crippen LogP contribution is 2.23. The Morgan fingerprint density at radius 3 is 2.94 bits per heavy atom. The molecular formula is C14H12N2OS. The van der Waals surface area contributed by atoms with Gasteiger partial charge in [-0.15, -0.1) is 11.3 Å². The maximum absolute atomic E-state index is 12.1. The van der Waals surface area contributed by atoms with Gasteiger partial charge in [0.05, 0.1) is 16.1 Å². The van der Waals surface area contributed by atoms with E-state index in [2.05, 4.69) is 10.3 Å². The van der Waals surface area contributed by atoms with Crippen LogP contribution in [0.4, 0.5) is 5.69 Å². The number of hydrogen-bond donors (Lipinski definition) is 2. The molecule has 18 heavy (non-hydrogen) atoms. The fourth-order valence-corrected chi connectivity index (χ4v) is 2.79. The number of nitrogens with one attached hydrogen (secondary N) is 2. The second-order valence-corrected chi connectivity index (χ2v) is 5.05. The molecule has 2 N–H and O–H groups in total.